The largest absolute Gasteiger partial charge is 0.355 e. The maximum atomic E-state index is 12.7. The second kappa shape index (κ2) is 7.36. The molecule has 0 saturated heterocycles. The molecule has 0 saturated carbocycles. The molecule has 0 unspecified atom stereocenters. The molecule has 3 rings (SSSR count). The number of aryl methyl sites for hydroxylation is 1. The van der Waals surface area contributed by atoms with Gasteiger partial charge in [-0.05, 0) is 55.0 Å². The lowest BCUT2D eigenvalue weighted by Gasteiger charge is -2.17. The van der Waals surface area contributed by atoms with Gasteiger partial charge in [-0.2, -0.15) is 0 Å². The number of pyridine rings is 1. The first-order valence-electron chi connectivity index (χ1n) is 7.87. The van der Waals surface area contributed by atoms with E-state index in [-0.39, 0.29) is 5.91 Å². The maximum absolute atomic E-state index is 12.7. The molecule has 0 aliphatic rings. The number of nitrogens with one attached hydrogen (secondary N) is 1. The van der Waals surface area contributed by atoms with Crippen molar-refractivity contribution in [1.29, 1.82) is 0 Å². The molecule has 0 fully saturated rings. The Bertz CT molecular complexity index is 896. The molecule has 1 amide bonds. The highest BCUT2D eigenvalue weighted by Crippen LogP contribution is 2.24. The van der Waals surface area contributed by atoms with Crippen LogP contribution >= 0.6 is 11.6 Å². The Morgan fingerprint density at radius 2 is 1.84 bits per heavy atom. The first kappa shape index (κ1) is 17.0. The number of halogens is 1. The average molecular weight is 352 g/mol. The van der Waals surface area contributed by atoms with Crippen molar-refractivity contribution in [3.63, 3.8) is 0 Å². The van der Waals surface area contributed by atoms with Crippen molar-refractivity contribution in [2.75, 3.05) is 17.3 Å². The van der Waals surface area contributed by atoms with Gasteiger partial charge in [0.15, 0.2) is 0 Å². The molecular weight excluding hydrogens is 334 g/mol. The van der Waals surface area contributed by atoms with Crippen molar-refractivity contribution in [1.82, 2.24) is 4.98 Å². The van der Waals surface area contributed by atoms with Crippen LogP contribution in [0, 0.1) is 6.92 Å². The normalized spacial score (nSPS) is 10.4. The van der Waals surface area contributed by atoms with Crippen molar-refractivity contribution < 1.29 is 4.79 Å². The highest BCUT2D eigenvalue weighted by atomic mass is 35.5. The van der Waals surface area contributed by atoms with Crippen molar-refractivity contribution in [2.45, 2.75) is 6.92 Å². The van der Waals surface area contributed by atoms with E-state index in [9.17, 15) is 4.79 Å². The number of benzene rings is 2. The second-order valence-electron chi connectivity index (χ2n) is 5.71. The molecule has 1 N–H and O–H groups in total. The van der Waals surface area contributed by atoms with Gasteiger partial charge < -0.3 is 10.2 Å². The molecule has 1 aromatic heterocycles. The van der Waals surface area contributed by atoms with Crippen LogP contribution < -0.4 is 10.2 Å². The predicted molar refractivity (Wildman–Crippen MR) is 103 cm³/mol. The lowest BCUT2D eigenvalue weighted by atomic mass is 10.2. The number of hydrogen-bond acceptors (Lipinski definition) is 3. The molecule has 1 heterocycles. The van der Waals surface area contributed by atoms with E-state index in [1.807, 2.05) is 61.5 Å². The van der Waals surface area contributed by atoms with Crippen LogP contribution in [0.15, 0.2) is 66.9 Å². The Balaban J connectivity index is 1.82. The van der Waals surface area contributed by atoms with Gasteiger partial charge in [0.05, 0.1) is 0 Å². The summed E-state index contributed by atoms with van der Waals surface area (Å²) in [5, 5.41) is 4.00. The summed E-state index contributed by atoms with van der Waals surface area (Å²) in [6.45, 7) is 1.98. The number of carbonyl (C=O) groups is 1. The topological polar surface area (TPSA) is 45.2 Å². The van der Waals surface area contributed by atoms with Crippen LogP contribution in [0.3, 0.4) is 0 Å². The molecule has 0 bridgehead atoms. The third-order valence-corrected chi connectivity index (χ3v) is 4.13. The number of amides is 1. The summed E-state index contributed by atoms with van der Waals surface area (Å²) in [6.07, 6.45) is 1.62. The van der Waals surface area contributed by atoms with Crippen LogP contribution in [0.1, 0.15) is 16.1 Å². The predicted octanol–water partition coefficient (Wildman–Crippen LogP) is 5.06. The van der Waals surface area contributed by atoms with E-state index in [1.54, 1.807) is 24.2 Å². The Hall–Kier alpha value is -2.85. The molecular formula is C20H18ClN3O. The lowest BCUT2D eigenvalue weighted by molar-refractivity contribution is 0.0988. The fraction of sp³-hybridized carbons (Fsp3) is 0.100. The number of nitrogens with zero attached hydrogens (tertiary/aromatic N) is 2. The summed E-state index contributed by atoms with van der Waals surface area (Å²) in [6, 6.07) is 18.7. The van der Waals surface area contributed by atoms with Crippen LogP contribution in [0.5, 0.6) is 0 Å². The van der Waals surface area contributed by atoms with E-state index in [2.05, 4.69) is 10.3 Å². The molecule has 0 spiro atoms. The fourth-order valence-electron chi connectivity index (χ4n) is 2.49. The average Bonchev–Trinajstić information content (AvgIpc) is 2.64. The standard InChI is InChI=1S/C20H18ClN3O/c1-14-12-15(21)8-9-18(14)23-16-10-11-22-19(13-16)20(25)24(2)17-6-4-3-5-7-17/h3-13H,1-2H3,(H,22,23). The van der Waals surface area contributed by atoms with E-state index < -0.39 is 0 Å². The summed E-state index contributed by atoms with van der Waals surface area (Å²) in [5.41, 5.74) is 3.96. The number of aromatic nitrogens is 1. The minimum absolute atomic E-state index is 0.164. The van der Waals surface area contributed by atoms with Crippen LogP contribution in [0.25, 0.3) is 0 Å². The molecule has 0 atom stereocenters. The SMILES string of the molecule is Cc1cc(Cl)ccc1Nc1ccnc(C(=O)N(C)c2ccccc2)c1. The van der Waals surface area contributed by atoms with E-state index in [4.69, 9.17) is 11.6 Å². The molecule has 2 aromatic carbocycles. The highest BCUT2D eigenvalue weighted by Gasteiger charge is 2.15. The van der Waals surface area contributed by atoms with Gasteiger partial charge in [0.25, 0.3) is 5.91 Å². The molecule has 0 radical (unpaired) electrons. The van der Waals surface area contributed by atoms with Crippen LogP contribution in [0.4, 0.5) is 17.1 Å². The first-order chi connectivity index (χ1) is 12.0. The Morgan fingerprint density at radius 3 is 2.56 bits per heavy atom. The minimum Gasteiger partial charge on any atom is -0.355 e. The van der Waals surface area contributed by atoms with Gasteiger partial charge in [-0.15, -0.1) is 0 Å². The van der Waals surface area contributed by atoms with Crippen LogP contribution in [-0.4, -0.2) is 17.9 Å². The van der Waals surface area contributed by atoms with Gasteiger partial charge in [0.2, 0.25) is 0 Å². The summed E-state index contributed by atoms with van der Waals surface area (Å²) < 4.78 is 0. The summed E-state index contributed by atoms with van der Waals surface area (Å²) in [7, 11) is 1.74. The number of anilines is 3. The summed E-state index contributed by atoms with van der Waals surface area (Å²) in [5.74, 6) is -0.164. The lowest BCUT2D eigenvalue weighted by Crippen LogP contribution is -2.27. The third kappa shape index (κ3) is 3.98. The quantitative estimate of drug-likeness (QED) is 0.714. The fourth-order valence-corrected chi connectivity index (χ4v) is 2.72. The Morgan fingerprint density at radius 1 is 1.08 bits per heavy atom. The molecule has 126 valence electrons. The zero-order chi connectivity index (χ0) is 17.8. The van der Waals surface area contributed by atoms with Gasteiger partial charge in [-0.25, -0.2) is 0 Å². The Kier molecular flexibility index (Phi) is 5.00. The summed E-state index contributed by atoms with van der Waals surface area (Å²) >= 11 is 5.99. The molecule has 3 aromatic rings. The summed E-state index contributed by atoms with van der Waals surface area (Å²) in [4.78, 5) is 18.5. The number of carbonyl (C=O) groups excluding carboxylic acids is 1. The van der Waals surface area contributed by atoms with Crippen molar-refractivity contribution in [3.05, 3.63) is 83.1 Å². The second-order valence-corrected chi connectivity index (χ2v) is 6.15. The van der Waals surface area contributed by atoms with Gasteiger partial charge in [0, 0.05) is 35.3 Å². The molecule has 4 nitrogen and oxygen atoms in total. The van der Waals surface area contributed by atoms with Crippen LogP contribution in [-0.2, 0) is 0 Å². The van der Waals surface area contributed by atoms with Crippen molar-refractivity contribution in [2.24, 2.45) is 0 Å². The van der Waals surface area contributed by atoms with E-state index in [1.165, 1.54) is 0 Å². The minimum atomic E-state index is -0.164. The van der Waals surface area contributed by atoms with Gasteiger partial charge in [-0.1, -0.05) is 29.8 Å². The Labute approximate surface area is 152 Å². The smallest absolute Gasteiger partial charge is 0.276 e. The number of hydrogen-bond donors (Lipinski definition) is 1. The molecule has 0 aliphatic carbocycles. The van der Waals surface area contributed by atoms with Gasteiger partial charge in [-0.3, -0.25) is 9.78 Å². The number of para-hydroxylation sites is 1. The highest BCUT2D eigenvalue weighted by molar-refractivity contribution is 6.30. The van der Waals surface area contributed by atoms with E-state index >= 15 is 0 Å². The maximum Gasteiger partial charge on any atom is 0.276 e. The van der Waals surface area contributed by atoms with Gasteiger partial charge in [0.1, 0.15) is 5.69 Å². The van der Waals surface area contributed by atoms with Crippen molar-refractivity contribution >= 4 is 34.6 Å². The zero-order valence-electron chi connectivity index (χ0n) is 14.0. The molecule has 5 heteroatoms. The van der Waals surface area contributed by atoms with Crippen molar-refractivity contribution in [3.8, 4) is 0 Å². The third-order valence-electron chi connectivity index (χ3n) is 3.89. The molecule has 25 heavy (non-hydrogen) atoms. The van der Waals surface area contributed by atoms with Gasteiger partial charge >= 0.3 is 0 Å². The van der Waals surface area contributed by atoms with E-state index in [0.29, 0.717) is 10.7 Å². The number of rotatable bonds is 4. The monoisotopic (exact) mass is 351 g/mol. The zero-order valence-corrected chi connectivity index (χ0v) is 14.8. The first-order valence-corrected chi connectivity index (χ1v) is 8.25. The van der Waals surface area contributed by atoms with E-state index in [0.717, 1.165) is 22.6 Å². The van der Waals surface area contributed by atoms with Crippen LogP contribution in [0.2, 0.25) is 5.02 Å². The molecule has 0 aliphatic heterocycles.